The highest BCUT2D eigenvalue weighted by Gasteiger charge is 2.38. The maximum absolute atomic E-state index is 12.9. The molecule has 0 aromatic heterocycles. The monoisotopic (exact) mass is 604 g/mol. The third kappa shape index (κ3) is 14.1. The van der Waals surface area contributed by atoms with Crippen LogP contribution in [-0.2, 0) is 35.3 Å². The van der Waals surface area contributed by atoms with Crippen LogP contribution in [0.1, 0.15) is 57.9 Å². The number of nitrogens with one attached hydrogen (secondary N) is 2. The van der Waals surface area contributed by atoms with Gasteiger partial charge in [0.2, 0.25) is 5.91 Å². The molecule has 0 aliphatic heterocycles. The van der Waals surface area contributed by atoms with Crippen LogP contribution in [0.3, 0.4) is 0 Å². The van der Waals surface area contributed by atoms with E-state index in [1.165, 1.54) is 0 Å². The summed E-state index contributed by atoms with van der Waals surface area (Å²) in [5, 5.41) is 12.3. The number of carboxylic acid groups (broad SMARTS) is 1. The molecular weight excluding hydrogens is 565 g/mol. The van der Waals surface area contributed by atoms with Gasteiger partial charge in [0, 0.05) is 6.54 Å². The average Bonchev–Trinajstić information content (AvgIpc) is 2.93. The first-order chi connectivity index (χ1) is 19.6. The number of hydrogen-bond acceptors (Lipinski definition) is 8. The number of aliphatic carboxylic acids is 1. The van der Waals surface area contributed by atoms with Crippen molar-refractivity contribution < 1.29 is 51.7 Å². The maximum Gasteiger partial charge on any atom is 0.490 e. The van der Waals surface area contributed by atoms with Crippen molar-refractivity contribution in [2.24, 2.45) is 23.3 Å². The Hall–Kier alpha value is -3.88. The van der Waals surface area contributed by atoms with E-state index in [9.17, 15) is 32.3 Å². The van der Waals surface area contributed by atoms with Gasteiger partial charge in [-0.2, -0.15) is 13.2 Å². The first kappa shape index (κ1) is 36.1. The fourth-order valence-corrected chi connectivity index (χ4v) is 3.85. The average molecular weight is 605 g/mol. The van der Waals surface area contributed by atoms with Crippen molar-refractivity contribution in [2.75, 3.05) is 6.54 Å². The van der Waals surface area contributed by atoms with E-state index in [0.29, 0.717) is 32.1 Å². The highest BCUT2D eigenvalue weighted by atomic mass is 19.4. The van der Waals surface area contributed by atoms with Gasteiger partial charge in [0.05, 0.1) is 12.0 Å². The van der Waals surface area contributed by atoms with Crippen LogP contribution in [0.15, 0.2) is 30.3 Å². The summed E-state index contributed by atoms with van der Waals surface area (Å²) in [7, 11) is 0. The number of urea groups is 1. The molecule has 1 saturated carbocycles. The van der Waals surface area contributed by atoms with Gasteiger partial charge in [-0.15, -0.1) is 0 Å². The van der Waals surface area contributed by atoms with Gasteiger partial charge in [0.1, 0.15) is 18.8 Å². The van der Waals surface area contributed by atoms with Gasteiger partial charge in [-0.1, -0.05) is 44.2 Å². The van der Waals surface area contributed by atoms with Crippen LogP contribution < -0.4 is 22.1 Å². The lowest BCUT2D eigenvalue weighted by atomic mass is 9.87. The summed E-state index contributed by atoms with van der Waals surface area (Å²) >= 11 is 0. The highest BCUT2D eigenvalue weighted by molar-refractivity contribution is 5.87. The molecule has 1 aliphatic rings. The molecule has 0 heterocycles. The summed E-state index contributed by atoms with van der Waals surface area (Å²) in [6.45, 7) is 4.13. The first-order valence-corrected chi connectivity index (χ1v) is 13.4. The number of hydrogen-bond donors (Lipinski definition) is 5. The summed E-state index contributed by atoms with van der Waals surface area (Å²) in [6, 6.07) is 7.18. The van der Waals surface area contributed by atoms with E-state index >= 15 is 0 Å². The summed E-state index contributed by atoms with van der Waals surface area (Å²) < 4.78 is 42.8. The van der Waals surface area contributed by atoms with Gasteiger partial charge in [-0.3, -0.25) is 9.59 Å². The highest BCUT2D eigenvalue weighted by Crippen LogP contribution is 2.28. The minimum Gasteiger partial charge on any atom is -0.475 e. The van der Waals surface area contributed by atoms with Crippen molar-refractivity contribution in [2.45, 2.75) is 83.3 Å². The molecule has 1 aromatic carbocycles. The molecule has 7 N–H and O–H groups in total. The Morgan fingerprint density at radius 2 is 1.62 bits per heavy atom. The molecule has 2 atom stereocenters. The number of halogens is 3. The van der Waals surface area contributed by atoms with E-state index in [2.05, 4.69) is 10.6 Å². The number of rotatable bonds is 12. The zero-order chi connectivity index (χ0) is 31.9. The molecule has 0 radical (unpaired) electrons. The Kier molecular flexibility index (Phi) is 15.3. The number of benzene rings is 1. The Bertz CT molecular complexity index is 1030. The topological polar surface area (TPSA) is 200 Å². The van der Waals surface area contributed by atoms with Gasteiger partial charge in [-0.05, 0) is 50.0 Å². The molecular formula is C27H39F3N4O8. The third-order valence-electron chi connectivity index (χ3n) is 6.35. The van der Waals surface area contributed by atoms with Crippen molar-refractivity contribution in [3.63, 3.8) is 0 Å². The summed E-state index contributed by atoms with van der Waals surface area (Å²) in [6.07, 6.45) is -2.57. The van der Waals surface area contributed by atoms with Crippen molar-refractivity contribution in [1.82, 2.24) is 10.6 Å². The molecule has 1 fully saturated rings. The summed E-state index contributed by atoms with van der Waals surface area (Å²) in [5.74, 6) is -4.31. The SMILES string of the molecule is CC(C)[C@H](N)C(=O)N[C@@H](CCCNC(N)=O)C(=O)OC1CCC(C(=O)OCc2ccccc2)CC1.O=C(O)C(F)(F)F. The van der Waals surface area contributed by atoms with Gasteiger partial charge < -0.3 is 36.7 Å². The number of carbonyl (C=O) groups excluding carboxylic acids is 4. The van der Waals surface area contributed by atoms with Crippen LogP contribution >= 0.6 is 0 Å². The predicted molar refractivity (Wildman–Crippen MR) is 143 cm³/mol. The van der Waals surface area contributed by atoms with Gasteiger partial charge in [-0.25, -0.2) is 14.4 Å². The normalized spacial score (nSPS) is 18.0. The number of primary amides is 1. The van der Waals surface area contributed by atoms with E-state index in [-0.39, 0.29) is 43.5 Å². The van der Waals surface area contributed by atoms with Crippen LogP contribution in [0.4, 0.5) is 18.0 Å². The van der Waals surface area contributed by atoms with Crippen LogP contribution in [0, 0.1) is 11.8 Å². The van der Waals surface area contributed by atoms with E-state index in [1.807, 2.05) is 44.2 Å². The standard InChI is InChI=1S/C25H38N4O6.C2HF3O2/c1-16(2)21(26)22(30)29-20(9-6-14-28-25(27)33)24(32)35-19-12-10-18(11-13-19)23(31)34-15-17-7-4-3-5-8-17;3-2(4,5)1(6)7/h3-5,7-8,16,18-21H,6,9-15,26H2,1-2H3,(H,29,30)(H3,27,28,33);(H,6,7)/t18?,19?,20-,21-;/m0./s1. The number of esters is 2. The molecule has 0 bridgehead atoms. The number of nitrogens with two attached hydrogens (primary N) is 2. The number of ether oxygens (including phenoxy) is 2. The fourth-order valence-electron chi connectivity index (χ4n) is 3.85. The van der Waals surface area contributed by atoms with Crippen molar-refractivity contribution in [3.8, 4) is 0 Å². The molecule has 0 unspecified atom stereocenters. The fraction of sp³-hybridized carbons (Fsp3) is 0.593. The minimum atomic E-state index is -5.08. The Morgan fingerprint density at radius 1 is 1.05 bits per heavy atom. The largest absolute Gasteiger partial charge is 0.490 e. The number of carboxylic acids is 1. The second-order valence-electron chi connectivity index (χ2n) is 10.1. The second kappa shape index (κ2) is 17.8. The van der Waals surface area contributed by atoms with Gasteiger partial charge in [0.15, 0.2) is 0 Å². The second-order valence-corrected chi connectivity index (χ2v) is 10.1. The quantitative estimate of drug-likeness (QED) is 0.175. The third-order valence-corrected chi connectivity index (χ3v) is 6.35. The van der Waals surface area contributed by atoms with Gasteiger partial charge in [0.25, 0.3) is 0 Å². The van der Waals surface area contributed by atoms with Gasteiger partial charge >= 0.3 is 30.1 Å². The molecule has 12 nitrogen and oxygen atoms in total. The smallest absolute Gasteiger partial charge is 0.475 e. The van der Waals surface area contributed by atoms with E-state index in [0.717, 1.165) is 5.56 Å². The van der Waals surface area contributed by atoms with Crippen molar-refractivity contribution in [1.29, 1.82) is 0 Å². The molecule has 236 valence electrons. The lowest BCUT2D eigenvalue weighted by Gasteiger charge is -2.29. The molecule has 1 aromatic rings. The lowest BCUT2D eigenvalue weighted by molar-refractivity contribution is -0.192. The van der Waals surface area contributed by atoms with Crippen LogP contribution in [-0.4, -0.2) is 65.9 Å². The summed E-state index contributed by atoms with van der Waals surface area (Å²) in [5.41, 5.74) is 11.9. The van der Waals surface area contributed by atoms with E-state index < -0.39 is 42.1 Å². The predicted octanol–water partition coefficient (Wildman–Crippen LogP) is 2.38. The summed E-state index contributed by atoms with van der Waals surface area (Å²) in [4.78, 5) is 57.5. The van der Waals surface area contributed by atoms with E-state index in [4.69, 9.17) is 30.8 Å². The van der Waals surface area contributed by atoms with E-state index in [1.54, 1.807) is 0 Å². The van der Waals surface area contributed by atoms with Crippen molar-refractivity contribution >= 4 is 29.8 Å². The minimum absolute atomic E-state index is 0.0971. The van der Waals surface area contributed by atoms with Crippen LogP contribution in [0.5, 0.6) is 0 Å². The molecule has 2 rings (SSSR count). The molecule has 0 saturated heterocycles. The zero-order valence-corrected chi connectivity index (χ0v) is 23.5. The lowest BCUT2D eigenvalue weighted by Crippen LogP contribution is -2.51. The molecule has 3 amide bonds. The maximum atomic E-state index is 12.9. The van der Waals surface area contributed by atoms with Crippen LogP contribution in [0.25, 0.3) is 0 Å². The molecule has 42 heavy (non-hydrogen) atoms. The Balaban J connectivity index is 0.00000112. The van der Waals surface area contributed by atoms with Crippen LogP contribution in [0.2, 0.25) is 0 Å². The zero-order valence-electron chi connectivity index (χ0n) is 23.5. The molecule has 15 heteroatoms. The Labute approximate surface area is 241 Å². The molecule has 1 aliphatic carbocycles. The number of carbonyl (C=O) groups is 5. The number of alkyl halides is 3. The van der Waals surface area contributed by atoms with Crippen molar-refractivity contribution in [3.05, 3.63) is 35.9 Å². The first-order valence-electron chi connectivity index (χ1n) is 13.4. The number of amides is 3. The molecule has 0 spiro atoms. The Morgan fingerprint density at radius 3 is 2.12 bits per heavy atom.